The lowest BCUT2D eigenvalue weighted by atomic mass is 9.49. The molecule has 0 N–H and O–H groups in total. The van der Waals surface area contributed by atoms with Gasteiger partial charge in [0.05, 0.1) is 5.41 Å². The molecule has 1 saturated heterocycles. The number of halogens is 2. The average molecular weight is 421 g/mol. The Morgan fingerprint density at radius 2 is 1.25 bits per heavy atom. The molecule has 4 nitrogen and oxygen atoms in total. The summed E-state index contributed by atoms with van der Waals surface area (Å²) in [5.74, 6) is 2.61. The Kier molecular flexibility index (Phi) is 4.63. The molecule has 0 unspecified atom stereocenters. The van der Waals surface area contributed by atoms with Crippen molar-refractivity contribution in [2.45, 2.75) is 38.5 Å². The average Bonchev–Trinajstić information content (AvgIpc) is 2.65. The van der Waals surface area contributed by atoms with Gasteiger partial charge in [0, 0.05) is 41.8 Å². The van der Waals surface area contributed by atoms with Crippen LogP contribution in [0.25, 0.3) is 0 Å². The molecule has 2 amide bonds. The van der Waals surface area contributed by atoms with Crippen molar-refractivity contribution >= 4 is 35.0 Å². The normalized spacial score (nSPS) is 34.0. The molecule has 1 aromatic rings. The van der Waals surface area contributed by atoms with E-state index in [2.05, 4.69) is 0 Å². The van der Waals surface area contributed by atoms with Crippen molar-refractivity contribution in [3.05, 3.63) is 33.8 Å². The van der Waals surface area contributed by atoms with Gasteiger partial charge in [-0.2, -0.15) is 0 Å². The molecule has 5 fully saturated rings. The van der Waals surface area contributed by atoms with Crippen LogP contribution in [-0.2, 0) is 4.79 Å². The Bertz CT molecular complexity index is 761. The van der Waals surface area contributed by atoms with Crippen LogP contribution in [0.3, 0.4) is 0 Å². The Balaban J connectivity index is 1.25. The minimum Gasteiger partial charge on any atom is -0.339 e. The summed E-state index contributed by atoms with van der Waals surface area (Å²) in [6.45, 7) is 2.39. The predicted molar refractivity (Wildman–Crippen MR) is 110 cm³/mol. The summed E-state index contributed by atoms with van der Waals surface area (Å²) >= 11 is 12.1. The van der Waals surface area contributed by atoms with Crippen molar-refractivity contribution in [1.82, 2.24) is 9.80 Å². The van der Waals surface area contributed by atoms with Crippen LogP contribution in [0, 0.1) is 23.2 Å². The fraction of sp³-hybridized carbons (Fsp3) is 0.636. The number of nitrogens with zero attached hydrogens (tertiary/aromatic N) is 2. The van der Waals surface area contributed by atoms with Gasteiger partial charge in [0.15, 0.2) is 0 Å². The largest absolute Gasteiger partial charge is 0.339 e. The molecule has 6 heteroatoms. The summed E-state index contributed by atoms with van der Waals surface area (Å²) in [6.07, 6.45) is 7.32. The Morgan fingerprint density at radius 1 is 0.786 bits per heavy atom. The molecule has 28 heavy (non-hydrogen) atoms. The third-order valence-electron chi connectivity index (χ3n) is 7.46. The van der Waals surface area contributed by atoms with Gasteiger partial charge in [-0.05, 0) is 74.5 Å². The van der Waals surface area contributed by atoms with Crippen LogP contribution < -0.4 is 0 Å². The molecule has 4 bridgehead atoms. The van der Waals surface area contributed by atoms with E-state index < -0.39 is 0 Å². The molecule has 5 aliphatic rings. The van der Waals surface area contributed by atoms with Crippen molar-refractivity contribution in [3.8, 4) is 0 Å². The van der Waals surface area contributed by atoms with Crippen LogP contribution in [-0.4, -0.2) is 47.8 Å². The first kappa shape index (κ1) is 18.7. The third-order valence-corrected chi connectivity index (χ3v) is 7.89. The number of hydrogen-bond donors (Lipinski definition) is 0. The highest BCUT2D eigenvalue weighted by Gasteiger charge is 2.55. The van der Waals surface area contributed by atoms with E-state index in [4.69, 9.17) is 23.2 Å². The van der Waals surface area contributed by atoms with E-state index in [9.17, 15) is 9.59 Å². The maximum atomic E-state index is 13.5. The van der Waals surface area contributed by atoms with Crippen molar-refractivity contribution in [2.75, 3.05) is 26.2 Å². The van der Waals surface area contributed by atoms with Crippen LogP contribution >= 0.6 is 23.2 Å². The molecular weight excluding hydrogens is 395 g/mol. The van der Waals surface area contributed by atoms with Gasteiger partial charge < -0.3 is 9.80 Å². The van der Waals surface area contributed by atoms with Gasteiger partial charge in [0.2, 0.25) is 5.91 Å². The molecule has 1 aromatic carbocycles. The number of amides is 2. The van der Waals surface area contributed by atoms with Crippen molar-refractivity contribution < 1.29 is 9.59 Å². The lowest BCUT2D eigenvalue weighted by Crippen LogP contribution is -2.58. The minimum absolute atomic E-state index is 0.0636. The molecule has 0 spiro atoms. The first-order valence-corrected chi connectivity index (χ1v) is 11.2. The Labute approximate surface area is 176 Å². The van der Waals surface area contributed by atoms with Gasteiger partial charge in [-0.15, -0.1) is 0 Å². The van der Waals surface area contributed by atoms with E-state index in [1.54, 1.807) is 18.2 Å². The van der Waals surface area contributed by atoms with Crippen LogP contribution in [0.1, 0.15) is 48.9 Å². The molecular formula is C22H26Cl2N2O2. The van der Waals surface area contributed by atoms with Crippen LogP contribution in [0.4, 0.5) is 0 Å². The van der Waals surface area contributed by atoms with E-state index in [0.29, 0.717) is 47.7 Å². The summed E-state index contributed by atoms with van der Waals surface area (Å²) in [5, 5.41) is 0.929. The second kappa shape index (κ2) is 6.91. The molecule has 4 saturated carbocycles. The summed E-state index contributed by atoms with van der Waals surface area (Å²) in [5.41, 5.74) is 0.417. The zero-order valence-corrected chi connectivity index (χ0v) is 17.5. The fourth-order valence-electron chi connectivity index (χ4n) is 6.68. The maximum absolute atomic E-state index is 13.5. The fourth-order valence-corrected chi connectivity index (χ4v) is 7.21. The second-order valence-electron chi connectivity index (χ2n) is 9.44. The maximum Gasteiger partial charge on any atom is 0.254 e. The standard InChI is InChI=1S/C22H26Cl2N2O2/c23-18-8-17(9-19(24)10-18)20(27)25-1-3-26(4-2-25)21(28)22-11-14-5-15(12-22)7-16(6-14)13-22/h8-10,14-16H,1-7,11-13H2. The molecule has 0 aromatic heterocycles. The van der Waals surface area contributed by atoms with Crippen molar-refractivity contribution in [1.29, 1.82) is 0 Å². The first-order valence-electron chi connectivity index (χ1n) is 10.5. The molecule has 0 radical (unpaired) electrons. The molecule has 1 aliphatic heterocycles. The topological polar surface area (TPSA) is 40.6 Å². The minimum atomic E-state index is -0.0958. The van der Waals surface area contributed by atoms with E-state index in [-0.39, 0.29) is 11.3 Å². The number of benzene rings is 1. The van der Waals surface area contributed by atoms with Crippen LogP contribution in [0.15, 0.2) is 18.2 Å². The predicted octanol–water partition coefficient (Wildman–Crippen LogP) is 4.49. The van der Waals surface area contributed by atoms with Crippen LogP contribution in [0.5, 0.6) is 0 Å². The van der Waals surface area contributed by atoms with Gasteiger partial charge >= 0.3 is 0 Å². The molecule has 6 rings (SSSR count). The second-order valence-corrected chi connectivity index (χ2v) is 10.3. The van der Waals surface area contributed by atoms with E-state index in [1.165, 1.54) is 19.3 Å². The summed E-state index contributed by atoms with van der Waals surface area (Å²) in [6, 6.07) is 4.94. The number of hydrogen-bond acceptors (Lipinski definition) is 2. The van der Waals surface area contributed by atoms with Crippen LogP contribution in [0.2, 0.25) is 10.0 Å². The van der Waals surface area contributed by atoms with Gasteiger partial charge in [-0.3, -0.25) is 9.59 Å². The monoisotopic (exact) mass is 420 g/mol. The smallest absolute Gasteiger partial charge is 0.254 e. The van der Waals surface area contributed by atoms with Gasteiger partial charge in [0.1, 0.15) is 0 Å². The zero-order chi connectivity index (χ0) is 19.5. The number of carbonyl (C=O) groups is 2. The van der Waals surface area contributed by atoms with E-state index in [1.807, 2.05) is 9.80 Å². The van der Waals surface area contributed by atoms with Gasteiger partial charge in [-0.1, -0.05) is 23.2 Å². The highest BCUT2D eigenvalue weighted by atomic mass is 35.5. The Hall–Kier alpha value is -1.26. The van der Waals surface area contributed by atoms with Gasteiger partial charge in [-0.25, -0.2) is 0 Å². The third kappa shape index (κ3) is 3.23. The van der Waals surface area contributed by atoms with E-state index in [0.717, 1.165) is 37.0 Å². The summed E-state index contributed by atoms with van der Waals surface area (Å²) in [7, 11) is 0. The first-order chi connectivity index (χ1) is 13.4. The quantitative estimate of drug-likeness (QED) is 0.706. The number of piperazine rings is 1. The lowest BCUT2D eigenvalue weighted by molar-refractivity contribution is -0.159. The van der Waals surface area contributed by atoms with Crippen molar-refractivity contribution in [2.24, 2.45) is 23.2 Å². The molecule has 150 valence electrons. The summed E-state index contributed by atoms with van der Waals surface area (Å²) < 4.78 is 0. The molecule has 1 heterocycles. The summed E-state index contributed by atoms with van der Waals surface area (Å²) in [4.78, 5) is 30.1. The van der Waals surface area contributed by atoms with E-state index >= 15 is 0 Å². The number of carbonyl (C=O) groups excluding carboxylic acids is 2. The Morgan fingerprint density at radius 3 is 1.75 bits per heavy atom. The molecule has 0 atom stereocenters. The highest BCUT2D eigenvalue weighted by Crippen LogP contribution is 2.60. The lowest BCUT2D eigenvalue weighted by Gasteiger charge is -2.57. The van der Waals surface area contributed by atoms with Gasteiger partial charge in [0.25, 0.3) is 5.91 Å². The number of rotatable bonds is 2. The van der Waals surface area contributed by atoms with Crippen molar-refractivity contribution in [3.63, 3.8) is 0 Å². The highest BCUT2D eigenvalue weighted by molar-refractivity contribution is 6.35. The zero-order valence-electron chi connectivity index (χ0n) is 16.0. The SMILES string of the molecule is O=C(c1cc(Cl)cc(Cl)c1)N1CCN(C(=O)C23CC4CC(CC(C4)C2)C3)CC1. The molecule has 4 aliphatic carbocycles.